The van der Waals surface area contributed by atoms with E-state index in [9.17, 15) is 4.21 Å². The molecule has 1 atom stereocenters. The van der Waals surface area contributed by atoms with Crippen molar-refractivity contribution >= 4 is 46.4 Å². The predicted octanol–water partition coefficient (Wildman–Crippen LogP) is 3.96. The number of aryl methyl sites for hydroxylation is 2. The Balaban J connectivity index is 0.00000312. The van der Waals surface area contributed by atoms with E-state index in [1.807, 2.05) is 30.3 Å². The fourth-order valence-electron chi connectivity index (χ4n) is 2.51. The second kappa shape index (κ2) is 11.3. The van der Waals surface area contributed by atoms with E-state index < -0.39 is 10.8 Å². The number of nitrogens with two attached hydrogens (primary N) is 1. The average molecular weight is 471 g/mol. The summed E-state index contributed by atoms with van der Waals surface area (Å²) < 4.78 is 12.2. The van der Waals surface area contributed by atoms with Gasteiger partial charge in [0.25, 0.3) is 0 Å². The summed E-state index contributed by atoms with van der Waals surface area (Å²) >= 11 is 0. The van der Waals surface area contributed by atoms with Crippen LogP contribution in [-0.2, 0) is 23.6 Å². The van der Waals surface area contributed by atoms with Gasteiger partial charge in [-0.2, -0.15) is 0 Å². The van der Waals surface area contributed by atoms with Gasteiger partial charge in [-0.1, -0.05) is 50.2 Å². The van der Waals surface area contributed by atoms with Crippen molar-refractivity contribution in [1.29, 1.82) is 0 Å². The van der Waals surface area contributed by atoms with Crippen LogP contribution in [0.4, 0.5) is 5.69 Å². The number of guanidine groups is 1. The van der Waals surface area contributed by atoms with Crippen molar-refractivity contribution in [2.45, 2.75) is 31.6 Å². The second-order valence-electron chi connectivity index (χ2n) is 5.41. The maximum atomic E-state index is 12.2. The van der Waals surface area contributed by atoms with Crippen molar-refractivity contribution < 1.29 is 4.21 Å². The minimum absolute atomic E-state index is 0. The van der Waals surface area contributed by atoms with E-state index in [1.54, 1.807) is 0 Å². The molecule has 0 aromatic heterocycles. The Labute approximate surface area is 169 Å². The van der Waals surface area contributed by atoms with E-state index in [1.165, 1.54) is 11.1 Å². The van der Waals surface area contributed by atoms with Gasteiger partial charge in [0.2, 0.25) is 0 Å². The lowest BCUT2D eigenvalue weighted by molar-refractivity contribution is 0.683. The number of halogens is 1. The SMILES string of the molecule is CCc1cccc(CC)c1NC(N)=NCCS(=O)c1ccccc1.I. The maximum absolute atomic E-state index is 12.2. The molecule has 0 spiro atoms. The molecule has 25 heavy (non-hydrogen) atoms. The molecule has 2 aromatic carbocycles. The van der Waals surface area contributed by atoms with Crippen molar-refractivity contribution in [2.75, 3.05) is 17.6 Å². The molecular weight excluding hydrogens is 445 g/mol. The molecule has 0 saturated carbocycles. The number of anilines is 1. The van der Waals surface area contributed by atoms with Crippen molar-refractivity contribution in [3.05, 3.63) is 59.7 Å². The Kier molecular flexibility index (Phi) is 9.74. The molecule has 0 aliphatic rings. The van der Waals surface area contributed by atoms with E-state index in [4.69, 9.17) is 5.73 Å². The number of benzene rings is 2. The first kappa shape index (κ1) is 21.6. The lowest BCUT2D eigenvalue weighted by Crippen LogP contribution is -2.25. The van der Waals surface area contributed by atoms with Crippen molar-refractivity contribution in [2.24, 2.45) is 10.7 Å². The zero-order valence-corrected chi connectivity index (χ0v) is 17.8. The molecule has 3 N–H and O–H groups in total. The van der Waals surface area contributed by atoms with Crippen LogP contribution in [0, 0.1) is 0 Å². The lowest BCUT2D eigenvalue weighted by Gasteiger charge is -2.14. The van der Waals surface area contributed by atoms with Gasteiger partial charge in [-0.3, -0.25) is 9.20 Å². The Morgan fingerprint density at radius 1 is 1.04 bits per heavy atom. The fraction of sp³-hybridized carbons (Fsp3) is 0.316. The zero-order valence-electron chi connectivity index (χ0n) is 14.7. The minimum atomic E-state index is -1.05. The Morgan fingerprint density at radius 2 is 1.64 bits per heavy atom. The third-order valence-electron chi connectivity index (χ3n) is 3.82. The third-order valence-corrected chi connectivity index (χ3v) is 5.17. The van der Waals surface area contributed by atoms with E-state index in [0.29, 0.717) is 18.3 Å². The van der Waals surface area contributed by atoms with Crippen molar-refractivity contribution in [3.8, 4) is 0 Å². The van der Waals surface area contributed by atoms with Gasteiger partial charge in [0, 0.05) is 16.3 Å². The van der Waals surface area contributed by atoms with Gasteiger partial charge in [0.05, 0.1) is 17.3 Å². The topological polar surface area (TPSA) is 67.5 Å². The van der Waals surface area contributed by atoms with Crippen LogP contribution < -0.4 is 11.1 Å². The van der Waals surface area contributed by atoms with E-state index >= 15 is 0 Å². The molecular formula is C19H26IN3OS. The molecule has 1 unspecified atom stereocenters. The number of para-hydroxylation sites is 1. The normalized spacial score (nSPS) is 12.3. The summed E-state index contributed by atoms with van der Waals surface area (Å²) in [6.07, 6.45) is 1.86. The van der Waals surface area contributed by atoms with Gasteiger partial charge in [-0.25, -0.2) is 0 Å². The standard InChI is InChI=1S/C19H25N3OS.HI/c1-3-15-9-8-10-16(4-2)18(15)22-19(20)21-13-14-24(23)17-11-6-5-7-12-17;/h5-12H,3-4,13-14H2,1-2H3,(H3,20,21,22);1H. The minimum Gasteiger partial charge on any atom is -0.370 e. The van der Waals surface area contributed by atoms with Gasteiger partial charge in [-0.05, 0) is 36.1 Å². The van der Waals surface area contributed by atoms with Crippen LogP contribution in [0.15, 0.2) is 58.4 Å². The highest BCUT2D eigenvalue weighted by atomic mass is 127. The molecule has 6 heteroatoms. The monoisotopic (exact) mass is 471 g/mol. The smallest absolute Gasteiger partial charge is 0.193 e. The Morgan fingerprint density at radius 3 is 2.20 bits per heavy atom. The first-order valence-corrected chi connectivity index (χ1v) is 9.58. The molecule has 2 aromatic rings. The summed E-state index contributed by atoms with van der Waals surface area (Å²) in [5, 5.41) is 3.22. The quantitative estimate of drug-likeness (QED) is 0.365. The van der Waals surface area contributed by atoms with Gasteiger partial charge >= 0.3 is 0 Å². The van der Waals surface area contributed by atoms with Crippen LogP contribution in [0.1, 0.15) is 25.0 Å². The van der Waals surface area contributed by atoms with Crippen LogP contribution in [-0.4, -0.2) is 22.5 Å². The van der Waals surface area contributed by atoms with Gasteiger partial charge in [0.1, 0.15) is 0 Å². The molecule has 0 fully saturated rings. The lowest BCUT2D eigenvalue weighted by atomic mass is 10.0. The highest BCUT2D eigenvalue weighted by molar-refractivity contribution is 14.0. The predicted molar refractivity (Wildman–Crippen MR) is 118 cm³/mol. The Bertz CT molecular complexity index is 698. The number of rotatable bonds is 7. The number of nitrogens with zero attached hydrogens (tertiary/aromatic N) is 1. The van der Waals surface area contributed by atoms with Gasteiger partial charge < -0.3 is 11.1 Å². The fourth-order valence-corrected chi connectivity index (χ4v) is 3.46. The molecule has 0 amide bonds. The van der Waals surface area contributed by atoms with Crippen LogP contribution in [0.3, 0.4) is 0 Å². The number of nitrogens with one attached hydrogen (secondary N) is 1. The summed E-state index contributed by atoms with van der Waals surface area (Å²) in [4.78, 5) is 5.15. The molecule has 0 bridgehead atoms. The van der Waals surface area contributed by atoms with Crippen molar-refractivity contribution in [1.82, 2.24) is 0 Å². The molecule has 4 nitrogen and oxygen atoms in total. The molecule has 0 heterocycles. The highest BCUT2D eigenvalue weighted by Gasteiger charge is 2.07. The molecule has 0 saturated heterocycles. The summed E-state index contributed by atoms with van der Waals surface area (Å²) in [6.45, 7) is 4.67. The van der Waals surface area contributed by atoms with Crippen LogP contribution in [0.2, 0.25) is 0 Å². The van der Waals surface area contributed by atoms with Crippen molar-refractivity contribution in [3.63, 3.8) is 0 Å². The van der Waals surface area contributed by atoms with Crippen LogP contribution in [0.25, 0.3) is 0 Å². The first-order valence-electron chi connectivity index (χ1n) is 8.26. The average Bonchev–Trinajstić information content (AvgIpc) is 2.62. The van der Waals surface area contributed by atoms with Crippen LogP contribution >= 0.6 is 24.0 Å². The first-order chi connectivity index (χ1) is 11.7. The molecule has 0 aliphatic carbocycles. The van der Waals surface area contributed by atoms with Crippen LogP contribution in [0.5, 0.6) is 0 Å². The molecule has 0 aliphatic heterocycles. The largest absolute Gasteiger partial charge is 0.370 e. The summed E-state index contributed by atoms with van der Waals surface area (Å²) in [5.74, 6) is 0.832. The summed E-state index contributed by atoms with van der Waals surface area (Å²) in [7, 11) is -1.05. The van der Waals surface area contributed by atoms with Gasteiger partial charge in [0.15, 0.2) is 5.96 Å². The third kappa shape index (κ3) is 6.43. The molecule has 2 rings (SSSR count). The van der Waals surface area contributed by atoms with E-state index in [2.05, 4.69) is 42.4 Å². The molecule has 136 valence electrons. The summed E-state index contributed by atoms with van der Waals surface area (Å²) in [5.41, 5.74) is 9.51. The van der Waals surface area contributed by atoms with Gasteiger partial charge in [-0.15, -0.1) is 24.0 Å². The number of hydrogen-bond acceptors (Lipinski definition) is 2. The molecule has 0 radical (unpaired) electrons. The summed E-state index contributed by atoms with van der Waals surface area (Å²) in [6, 6.07) is 15.7. The highest BCUT2D eigenvalue weighted by Crippen LogP contribution is 2.22. The zero-order chi connectivity index (χ0) is 17.4. The van der Waals surface area contributed by atoms with E-state index in [-0.39, 0.29) is 24.0 Å². The number of aliphatic imine (C=N–C) groups is 1. The Hall–Kier alpha value is -1.41. The number of hydrogen-bond donors (Lipinski definition) is 2. The van der Waals surface area contributed by atoms with E-state index in [0.717, 1.165) is 23.4 Å². The maximum Gasteiger partial charge on any atom is 0.193 e. The second-order valence-corrected chi connectivity index (χ2v) is 6.98.